The number of benzene rings is 2. The molecule has 6 heteroatoms. The molecule has 0 spiro atoms. The van der Waals surface area contributed by atoms with Crippen molar-refractivity contribution in [2.24, 2.45) is 0 Å². The maximum absolute atomic E-state index is 12.5. The maximum Gasteiger partial charge on any atom is 0.266 e. The molecule has 0 aliphatic rings. The second kappa shape index (κ2) is 7.26. The molecule has 3 aromatic rings. The highest BCUT2D eigenvalue weighted by atomic mass is 79.9. The van der Waals surface area contributed by atoms with Crippen molar-refractivity contribution >= 4 is 60.4 Å². The monoisotopic (exact) mass is 457 g/mol. The lowest BCUT2D eigenvalue weighted by molar-refractivity contribution is -0.112. The van der Waals surface area contributed by atoms with Crippen molar-refractivity contribution in [3.05, 3.63) is 68.2 Å². The van der Waals surface area contributed by atoms with Crippen molar-refractivity contribution in [1.82, 2.24) is 4.98 Å². The maximum atomic E-state index is 12.5. The second-order valence-electron chi connectivity index (χ2n) is 5.52. The van der Waals surface area contributed by atoms with E-state index >= 15 is 0 Å². The number of aryl methyl sites for hydroxylation is 1. The first-order valence-electron chi connectivity index (χ1n) is 7.44. The number of anilines is 1. The van der Waals surface area contributed by atoms with Crippen LogP contribution >= 0.6 is 31.9 Å². The van der Waals surface area contributed by atoms with Gasteiger partial charge in [-0.25, -0.2) is 0 Å². The van der Waals surface area contributed by atoms with Gasteiger partial charge >= 0.3 is 0 Å². The lowest BCUT2D eigenvalue weighted by Crippen LogP contribution is -2.14. The molecule has 0 bridgehead atoms. The van der Waals surface area contributed by atoms with Gasteiger partial charge in [0.05, 0.1) is 5.69 Å². The topological polar surface area (TPSA) is 68.7 Å². The zero-order chi connectivity index (χ0) is 18.0. The molecule has 2 aromatic carbocycles. The number of amides is 1. The summed E-state index contributed by atoms with van der Waals surface area (Å²) in [5, 5.41) is 13.2. The molecule has 0 saturated heterocycles. The molecule has 0 unspecified atom stereocenters. The number of aromatic nitrogens is 1. The van der Waals surface area contributed by atoms with Gasteiger partial charge in [-0.15, -0.1) is 0 Å². The van der Waals surface area contributed by atoms with Gasteiger partial charge in [-0.05, 0) is 68.6 Å². The third kappa shape index (κ3) is 3.68. The van der Waals surface area contributed by atoms with Crippen LogP contribution in [0, 0.1) is 18.3 Å². The molecule has 4 nitrogen and oxygen atoms in total. The van der Waals surface area contributed by atoms with Crippen LogP contribution in [-0.2, 0) is 4.79 Å². The van der Waals surface area contributed by atoms with Crippen molar-refractivity contribution in [3.63, 3.8) is 0 Å². The predicted octanol–water partition coefficient (Wildman–Crippen LogP) is 5.55. The molecule has 0 fully saturated rings. The Kier molecular flexibility index (Phi) is 5.07. The highest BCUT2D eigenvalue weighted by Crippen LogP contribution is 2.32. The highest BCUT2D eigenvalue weighted by Gasteiger charge is 2.15. The first-order valence-corrected chi connectivity index (χ1v) is 9.03. The molecule has 0 radical (unpaired) electrons. The van der Waals surface area contributed by atoms with Gasteiger partial charge in [-0.2, -0.15) is 5.26 Å². The number of hydrogen-bond acceptors (Lipinski definition) is 2. The van der Waals surface area contributed by atoms with E-state index in [1.165, 1.54) is 0 Å². The smallest absolute Gasteiger partial charge is 0.266 e. The number of halogens is 2. The molecule has 1 amide bonds. The van der Waals surface area contributed by atoms with E-state index in [-0.39, 0.29) is 5.57 Å². The van der Waals surface area contributed by atoms with E-state index in [1.54, 1.807) is 12.3 Å². The molecule has 0 atom stereocenters. The minimum atomic E-state index is -0.460. The quantitative estimate of drug-likeness (QED) is 0.399. The summed E-state index contributed by atoms with van der Waals surface area (Å²) in [7, 11) is 0. The summed E-state index contributed by atoms with van der Waals surface area (Å²) in [4.78, 5) is 15.7. The lowest BCUT2D eigenvalue weighted by Gasteiger charge is -2.10. The van der Waals surface area contributed by atoms with E-state index in [0.717, 1.165) is 31.0 Å². The molecule has 0 saturated carbocycles. The average Bonchev–Trinajstić information content (AvgIpc) is 2.98. The van der Waals surface area contributed by atoms with Crippen LogP contribution in [0.25, 0.3) is 17.0 Å². The number of fused-ring (bicyclic) bond motifs is 1. The molecule has 3 rings (SSSR count). The average molecular weight is 459 g/mol. The Morgan fingerprint density at radius 2 is 1.92 bits per heavy atom. The van der Waals surface area contributed by atoms with E-state index in [1.807, 2.05) is 49.4 Å². The summed E-state index contributed by atoms with van der Waals surface area (Å²) < 4.78 is 1.49. The Balaban J connectivity index is 1.94. The van der Waals surface area contributed by atoms with Gasteiger partial charge in [0.15, 0.2) is 0 Å². The van der Waals surface area contributed by atoms with Gasteiger partial charge in [-0.3, -0.25) is 4.79 Å². The fourth-order valence-corrected chi connectivity index (χ4v) is 4.13. The number of carbonyl (C=O) groups excluding carboxylic acids is 1. The zero-order valence-electron chi connectivity index (χ0n) is 13.2. The molecule has 25 heavy (non-hydrogen) atoms. The van der Waals surface area contributed by atoms with Crippen LogP contribution < -0.4 is 5.32 Å². The van der Waals surface area contributed by atoms with Crippen molar-refractivity contribution in [2.75, 3.05) is 5.32 Å². The third-order valence-corrected chi connectivity index (χ3v) is 4.96. The largest absolute Gasteiger partial charge is 0.361 e. The zero-order valence-corrected chi connectivity index (χ0v) is 16.4. The Bertz CT molecular complexity index is 1020. The van der Waals surface area contributed by atoms with Crippen molar-refractivity contribution < 1.29 is 4.79 Å². The van der Waals surface area contributed by atoms with E-state index in [4.69, 9.17) is 0 Å². The van der Waals surface area contributed by atoms with Gasteiger partial charge in [0.1, 0.15) is 11.6 Å². The summed E-state index contributed by atoms with van der Waals surface area (Å²) in [6.45, 7) is 1.96. The fourth-order valence-electron chi connectivity index (χ4n) is 2.52. The molecule has 0 aliphatic heterocycles. The number of rotatable bonds is 3. The van der Waals surface area contributed by atoms with Gasteiger partial charge in [0.2, 0.25) is 0 Å². The number of para-hydroxylation sites is 1. The SMILES string of the molecule is Cc1cc(Br)c(NC(=O)/C(C#N)=C/c2c[nH]c3ccccc23)c(Br)c1. The number of H-pyrrole nitrogens is 1. The normalized spacial score (nSPS) is 11.4. The molecule has 1 aromatic heterocycles. The van der Waals surface area contributed by atoms with Crippen molar-refractivity contribution in [3.8, 4) is 6.07 Å². The van der Waals surface area contributed by atoms with E-state index in [9.17, 15) is 10.1 Å². The summed E-state index contributed by atoms with van der Waals surface area (Å²) in [6, 6.07) is 13.5. The van der Waals surface area contributed by atoms with Gasteiger partial charge in [0.25, 0.3) is 5.91 Å². The molecule has 2 N–H and O–H groups in total. The van der Waals surface area contributed by atoms with Crippen LogP contribution in [0.3, 0.4) is 0 Å². The van der Waals surface area contributed by atoms with E-state index in [2.05, 4.69) is 42.2 Å². The Morgan fingerprint density at radius 3 is 2.60 bits per heavy atom. The summed E-state index contributed by atoms with van der Waals surface area (Å²) >= 11 is 6.88. The van der Waals surface area contributed by atoms with Gasteiger partial charge in [0, 0.05) is 31.6 Å². The minimum absolute atomic E-state index is 0.0316. The first-order chi connectivity index (χ1) is 12.0. The fraction of sp³-hybridized carbons (Fsp3) is 0.0526. The van der Waals surface area contributed by atoms with E-state index < -0.39 is 5.91 Å². The van der Waals surface area contributed by atoms with Crippen molar-refractivity contribution in [1.29, 1.82) is 5.26 Å². The summed E-state index contributed by atoms with van der Waals surface area (Å²) in [6.07, 6.45) is 3.37. The van der Waals surface area contributed by atoms with Crippen LogP contribution in [0.2, 0.25) is 0 Å². The molecular formula is C19H13Br2N3O. The van der Waals surface area contributed by atoms with Crippen LogP contribution in [0.4, 0.5) is 5.69 Å². The minimum Gasteiger partial charge on any atom is -0.361 e. The van der Waals surface area contributed by atoms with Crippen LogP contribution in [-0.4, -0.2) is 10.9 Å². The number of hydrogen-bond donors (Lipinski definition) is 2. The number of aromatic amines is 1. The van der Waals surface area contributed by atoms with Crippen LogP contribution in [0.1, 0.15) is 11.1 Å². The molecular weight excluding hydrogens is 446 g/mol. The van der Waals surface area contributed by atoms with Crippen molar-refractivity contribution in [2.45, 2.75) is 6.92 Å². The Hall–Kier alpha value is -2.36. The highest BCUT2D eigenvalue weighted by molar-refractivity contribution is 9.11. The number of nitrogens with zero attached hydrogens (tertiary/aromatic N) is 1. The van der Waals surface area contributed by atoms with Gasteiger partial charge < -0.3 is 10.3 Å². The Morgan fingerprint density at radius 1 is 1.24 bits per heavy atom. The Labute approximate surface area is 161 Å². The molecule has 124 valence electrons. The van der Waals surface area contributed by atoms with Crippen LogP contribution in [0.15, 0.2) is 57.1 Å². The standard InChI is InChI=1S/C19H13Br2N3O/c1-11-6-15(20)18(16(21)7-11)24-19(25)12(9-22)8-13-10-23-17-5-3-2-4-14(13)17/h2-8,10,23H,1H3,(H,24,25)/b12-8+. The lowest BCUT2D eigenvalue weighted by atomic mass is 10.1. The third-order valence-electron chi connectivity index (χ3n) is 3.71. The number of nitriles is 1. The number of carbonyl (C=O) groups is 1. The predicted molar refractivity (Wildman–Crippen MR) is 107 cm³/mol. The first kappa shape index (κ1) is 17.5. The van der Waals surface area contributed by atoms with Crippen LogP contribution in [0.5, 0.6) is 0 Å². The molecule has 0 aliphatic carbocycles. The number of nitrogens with one attached hydrogen (secondary N) is 2. The second-order valence-corrected chi connectivity index (χ2v) is 7.23. The van der Waals surface area contributed by atoms with Gasteiger partial charge in [-0.1, -0.05) is 18.2 Å². The summed E-state index contributed by atoms with van der Waals surface area (Å²) in [5.41, 5.74) is 3.42. The molecule has 1 heterocycles. The van der Waals surface area contributed by atoms with E-state index in [0.29, 0.717) is 5.69 Å². The summed E-state index contributed by atoms with van der Waals surface area (Å²) in [5.74, 6) is -0.460.